The molecule has 2 unspecified atom stereocenters. The van der Waals surface area contributed by atoms with Crippen LogP contribution in [0.4, 0.5) is 0 Å². The highest BCUT2D eigenvalue weighted by Crippen LogP contribution is 2.52. The van der Waals surface area contributed by atoms with Gasteiger partial charge in [0, 0.05) is 22.8 Å². The van der Waals surface area contributed by atoms with Crippen LogP contribution in [-0.4, -0.2) is 27.4 Å². The number of hydrogen-bond acceptors (Lipinski definition) is 4. The number of Topliss-reactive ketones (excluding diaryl/α,β-unsaturated/α-hetero) is 1. The number of nitrogens with zero attached hydrogens (tertiary/aromatic N) is 1. The molecule has 5 heteroatoms. The highest BCUT2D eigenvalue weighted by molar-refractivity contribution is 6.03. The molecule has 2 atom stereocenters. The molecule has 0 aliphatic heterocycles. The zero-order valence-electron chi connectivity index (χ0n) is 19.5. The fraction of sp³-hybridized carbons (Fsp3) is 0.393. The number of carbonyl (C=O) groups excluding carboxylic acids is 1. The number of fused-ring (bicyclic) bond motifs is 1. The first-order chi connectivity index (χ1) is 15.7. The Bertz CT molecular complexity index is 1270. The fourth-order valence-electron chi connectivity index (χ4n) is 4.71. The van der Waals surface area contributed by atoms with Crippen LogP contribution in [0.5, 0.6) is 5.75 Å². The molecule has 1 heterocycles. The van der Waals surface area contributed by atoms with Gasteiger partial charge >= 0.3 is 5.97 Å². The number of carboxylic acid groups (broad SMARTS) is 1. The number of pyridine rings is 1. The SMILES string of the molecule is Cc1cc(C2CC2C(=O)c2cc3ccccc3nc2C2CC2)cc(C)c1OC(C)(C)C(=O)O. The maximum Gasteiger partial charge on any atom is 0.347 e. The van der Waals surface area contributed by atoms with E-state index in [1.165, 1.54) is 0 Å². The minimum Gasteiger partial charge on any atom is -0.478 e. The second-order valence-electron chi connectivity index (χ2n) is 10.1. The molecule has 5 nitrogen and oxygen atoms in total. The Balaban J connectivity index is 1.41. The monoisotopic (exact) mass is 443 g/mol. The van der Waals surface area contributed by atoms with Gasteiger partial charge in [-0.25, -0.2) is 4.79 Å². The van der Waals surface area contributed by atoms with Crippen molar-refractivity contribution in [3.05, 3.63) is 70.4 Å². The van der Waals surface area contributed by atoms with E-state index in [9.17, 15) is 14.7 Å². The third kappa shape index (κ3) is 4.01. The summed E-state index contributed by atoms with van der Waals surface area (Å²) in [7, 11) is 0. The van der Waals surface area contributed by atoms with Crippen LogP contribution < -0.4 is 4.74 Å². The summed E-state index contributed by atoms with van der Waals surface area (Å²) in [5.41, 5.74) is 4.31. The number of hydrogen-bond donors (Lipinski definition) is 1. The van der Waals surface area contributed by atoms with Gasteiger partial charge in [-0.15, -0.1) is 0 Å². The van der Waals surface area contributed by atoms with E-state index >= 15 is 0 Å². The number of carboxylic acids is 1. The molecule has 2 saturated carbocycles. The minimum absolute atomic E-state index is 0.0357. The Kier molecular flexibility index (Phi) is 5.04. The number of benzene rings is 2. The van der Waals surface area contributed by atoms with E-state index in [0.29, 0.717) is 11.7 Å². The van der Waals surface area contributed by atoms with Crippen molar-refractivity contribution >= 4 is 22.7 Å². The van der Waals surface area contributed by atoms with E-state index in [4.69, 9.17) is 9.72 Å². The van der Waals surface area contributed by atoms with Gasteiger partial charge in [0.15, 0.2) is 11.4 Å². The van der Waals surface area contributed by atoms with Gasteiger partial charge in [-0.1, -0.05) is 30.3 Å². The summed E-state index contributed by atoms with van der Waals surface area (Å²) >= 11 is 0. The normalized spacial score (nSPS) is 20.0. The third-order valence-corrected chi connectivity index (χ3v) is 6.89. The van der Waals surface area contributed by atoms with Crippen LogP contribution in [0.3, 0.4) is 0 Å². The van der Waals surface area contributed by atoms with E-state index in [0.717, 1.165) is 58.1 Å². The average molecular weight is 444 g/mol. The lowest BCUT2D eigenvalue weighted by molar-refractivity contribution is -0.152. The van der Waals surface area contributed by atoms with Gasteiger partial charge in [0.05, 0.1) is 11.2 Å². The van der Waals surface area contributed by atoms with E-state index in [2.05, 4.69) is 0 Å². The molecule has 0 bridgehead atoms. The number of aliphatic carboxylic acids is 1. The molecule has 5 rings (SSSR count). The fourth-order valence-corrected chi connectivity index (χ4v) is 4.71. The lowest BCUT2D eigenvalue weighted by Crippen LogP contribution is -2.38. The van der Waals surface area contributed by atoms with E-state index in [1.807, 2.05) is 56.3 Å². The summed E-state index contributed by atoms with van der Waals surface area (Å²) in [5.74, 6) is 0.339. The van der Waals surface area contributed by atoms with Crippen molar-refractivity contribution in [3.8, 4) is 5.75 Å². The zero-order chi connectivity index (χ0) is 23.5. The van der Waals surface area contributed by atoms with Crippen LogP contribution in [0.1, 0.15) is 77.7 Å². The topological polar surface area (TPSA) is 76.5 Å². The van der Waals surface area contributed by atoms with Crippen LogP contribution in [0.2, 0.25) is 0 Å². The number of carbonyl (C=O) groups is 2. The highest BCUT2D eigenvalue weighted by Gasteiger charge is 2.46. The Morgan fingerprint density at radius 2 is 1.73 bits per heavy atom. The lowest BCUT2D eigenvalue weighted by Gasteiger charge is -2.24. The van der Waals surface area contributed by atoms with Crippen molar-refractivity contribution in [2.45, 2.75) is 64.4 Å². The maximum atomic E-state index is 13.6. The second kappa shape index (κ2) is 7.68. The minimum atomic E-state index is -1.31. The molecule has 0 spiro atoms. The lowest BCUT2D eigenvalue weighted by atomic mass is 9.96. The van der Waals surface area contributed by atoms with Gasteiger partial charge in [-0.2, -0.15) is 0 Å². The van der Waals surface area contributed by atoms with Crippen LogP contribution >= 0.6 is 0 Å². The van der Waals surface area contributed by atoms with Gasteiger partial charge in [0.1, 0.15) is 5.75 Å². The molecule has 0 saturated heterocycles. The van der Waals surface area contributed by atoms with Crippen LogP contribution in [0.15, 0.2) is 42.5 Å². The number of ketones is 1. The Hall–Kier alpha value is -3.21. The summed E-state index contributed by atoms with van der Waals surface area (Å²) in [6.45, 7) is 6.96. The van der Waals surface area contributed by atoms with Crippen molar-refractivity contribution in [1.29, 1.82) is 0 Å². The van der Waals surface area contributed by atoms with Crippen molar-refractivity contribution < 1.29 is 19.4 Å². The van der Waals surface area contributed by atoms with E-state index in [-0.39, 0.29) is 17.6 Å². The Labute approximate surface area is 193 Å². The quantitative estimate of drug-likeness (QED) is 0.456. The summed E-state index contributed by atoms with van der Waals surface area (Å²) in [6.07, 6.45) is 3.04. The molecule has 2 aromatic carbocycles. The van der Waals surface area contributed by atoms with Gasteiger partial charge < -0.3 is 9.84 Å². The van der Waals surface area contributed by atoms with Crippen molar-refractivity contribution in [1.82, 2.24) is 4.98 Å². The standard InChI is InChI=1S/C28H29NO4/c1-15-11-19(12-16(2)26(15)33-28(3,4)27(31)32)20-14-21(20)25(30)22-13-18-7-5-6-8-23(18)29-24(22)17-9-10-17/h5-8,11-13,17,20-21H,9-10,14H2,1-4H3,(H,31,32). The van der Waals surface area contributed by atoms with Crippen molar-refractivity contribution in [3.63, 3.8) is 0 Å². The first kappa shape index (κ1) is 21.6. The van der Waals surface area contributed by atoms with E-state index < -0.39 is 11.6 Å². The zero-order valence-corrected chi connectivity index (χ0v) is 19.5. The first-order valence-electron chi connectivity index (χ1n) is 11.6. The van der Waals surface area contributed by atoms with Gasteiger partial charge in [0.2, 0.25) is 0 Å². The molecule has 2 aliphatic carbocycles. The van der Waals surface area contributed by atoms with Gasteiger partial charge in [-0.05, 0) is 81.7 Å². The summed E-state index contributed by atoms with van der Waals surface area (Å²) < 4.78 is 5.84. The predicted molar refractivity (Wildman–Crippen MR) is 127 cm³/mol. The number of aryl methyl sites for hydroxylation is 2. The van der Waals surface area contributed by atoms with Gasteiger partial charge in [0.25, 0.3) is 0 Å². The smallest absolute Gasteiger partial charge is 0.347 e. The molecule has 3 aromatic rings. The summed E-state index contributed by atoms with van der Waals surface area (Å²) in [5, 5.41) is 10.4. The van der Waals surface area contributed by atoms with Crippen LogP contribution in [0.25, 0.3) is 10.9 Å². The number of ether oxygens (including phenoxy) is 1. The largest absolute Gasteiger partial charge is 0.478 e. The molecule has 1 N–H and O–H groups in total. The molecular formula is C28H29NO4. The maximum absolute atomic E-state index is 13.6. The van der Waals surface area contributed by atoms with Crippen molar-refractivity contribution in [2.24, 2.45) is 5.92 Å². The predicted octanol–water partition coefficient (Wildman–Crippen LogP) is 5.96. The number of rotatable bonds is 7. The summed E-state index contributed by atoms with van der Waals surface area (Å²) in [4.78, 5) is 29.9. The van der Waals surface area contributed by atoms with Gasteiger partial charge in [-0.3, -0.25) is 9.78 Å². The first-order valence-corrected chi connectivity index (χ1v) is 11.6. The molecule has 2 fully saturated rings. The molecule has 1 aromatic heterocycles. The molecule has 33 heavy (non-hydrogen) atoms. The molecule has 0 radical (unpaired) electrons. The Morgan fingerprint density at radius 1 is 1.06 bits per heavy atom. The molecule has 170 valence electrons. The molecule has 2 aliphatic rings. The second-order valence-corrected chi connectivity index (χ2v) is 10.1. The number of para-hydroxylation sites is 1. The third-order valence-electron chi connectivity index (χ3n) is 6.89. The Morgan fingerprint density at radius 3 is 2.36 bits per heavy atom. The highest BCUT2D eigenvalue weighted by atomic mass is 16.5. The number of aromatic nitrogens is 1. The van der Waals surface area contributed by atoms with Crippen LogP contribution in [0, 0.1) is 19.8 Å². The molecule has 0 amide bonds. The average Bonchev–Trinajstić information content (AvgIpc) is 3.68. The van der Waals surface area contributed by atoms with E-state index in [1.54, 1.807) is 13.8 Å². The summed E-state index contributed by atoms with van der Waals surface area (Å²) in [6, 6.07) is 14.1. The molecular weight excluding hydrogens is 414 g/mol. The van der Waals surface area contributed by atoms with Crippen LogP contribution in [-0.2, 0) is 4.79 Å². The van der Waals surface area contributed by atoms with Crippen molar-refractivity contribution in [2.75, 3.05) is 0 Å².